The molecule has 14 heteroatoms. The van der Waals surface area contributed by atoms with Gasteiger partial charge in [0.1, 0.15) is 0 Å². The molecular weight excluding hydrogens is 644 g/mol. The zero-order valence-electron chi connectivity index (χ0n) is 11.9. The summed E-state index contributed by atoms with van der Waals surface area (Å²) in [4.78, 5) is 0. The molecule has 140 valence electrons. The van der Waals surface area contributed by atoms with Crippen molar-refractivity contribution < 1.29 is 35.4 Å². The van der Waals surface area contributed by atoms with Crippen LogP contribution in [0.5, 0.6) is 0 Å². The molecule has 0 unspecified atom stereocenters. The van der Waals surface area contributed by atoms with Crippen LogP contribution in [-0.2, 0) is 31.3 Å². The van der Waals surface area contributed by atoms with Gasteiger partial charge < -0.3 is 17.3 Å². The Morgan fingerprint density at radius 3 is 1.54 bits per heavy atom. The van der Waals surface area contributed by atoms with Gasteiger partial charge in [-0.3, -0.25) is 0 Å². The number of hydrogen-bond acceptors (Lipinski definition) is 2. The Kier molecular flexibility index (Phi) is 14.2. The average Bonchev–Trinajstić information content (AvgIpc) is 3.08. The second-order valence-electron chi connectivity index (χ2n) is 3.95. The Hall–Kier alpha value is 0.637. The Morgan fingerprint density at radius 2 is 1.29 bits per heavy atom. The van der Waals surface area contributed by atoms with Crippen LogP contribution in [0.2, 0.25) is 10.6 Å². The summed E-state index contributed by atoms with van der Waals surface area (Å²) in [5.41, 5.74) is 0. The van der Waals surface area contributed by atoms with Gasteiger partial charge in [-0.15, -0.1) is 0 Å². The summed E-state index contributed by atoms with van der Waals surface area (Å²) in [5, 5.41) is 10.9. The first-order chi connectivity index (χ1) is 11.2. The van der Waals surface area contributed by atoms with Crippen LogP contribution >= 0.6 is 41.4 Å². The quantitative estimate of drug-likeness (QED) is 0.254. The zero-order valence-corrected chi connectivity index (χ0v) is 19.1. The van der Waals surface area contributed by atoms with Gasteiger partial charge in [0.2, 0.25) is 0 Å². The molecule has 0 amide bonds. The number of rotatable bonds is 6. The topological polar surface area (TPSA) is 35.6 Å². The van der Waals surface area contributed by atoms with Crippen LogP contribution in [0.4, 0.5) is 17.3 Å². The summed E-state index contributed by atoms with van der Waals surface area (Å²) in [5.74, 6) is 0. The molecule has 0 aliphatic heterocycles. The SMILES string of the molecule is Brc1cnn(CC[Se]CCn2cc(Br)cn2)c1.F[B-](F)(F)F.[Cl][Pd+]. The summed E-state index contributed by atoms with van der Waals surface area (Å²) in [7, 11) is -1.51. The van der Waals surface area contributed by atoms with Gasteiger partial charge in [0, 0.05) is 0 Å². The third kappa shape index (κ3) is 14.9. The number of aryl methyl sites for hydroxylation is 2. The number of aromatic nitrogens is 4. The van der Waals surface area contributed by atoms with Gasteiger partial charge in [0.15, 0.2) is 0 Å². The van der Waals surface area contributed by atoms with E-state index in [1.54, 1.807) is 0 Å². The van der Waals surface area contributed by atoms with E-state index in [1.165, 1.54) is 10.6 Å². The molecule has 0 aliphatic rings. The van der Waals surface area contributed by atoms with Gasteiger partial charge in [-0.05, 0) is 0 Å². The Labute approximate surface area is 175 Å². The van der Waals surface area contributed by atoms with Crippen molar-refractivity contribution in [2.24, 2.45) is 0 Å². The molecule has 2 aromatic rings. The van der Waals surface area contributed by atoms with Gasteiger partial charge in [0.05, 0.1) is 0 Å². The van der Waals surface area contributed by atoms with Crippen LogP contribution in [-0.4, -0.2) is 41.8 Å². The summed E-state index contributed by atoms with van der Waals surface area (Å²) in [6, 6.07) is 0. The summed E-state index contributed by atoms with van der Waals surface area (Å²) in [6.45, 7) is 2.02. The van der Waals surface area contributed by atoms with Crippen molar-refractivity contribution in [3.8, 4) is 0 Å². The third-order valence-electron chi connectivity index (χ3n) is 2.13. The van der Waals surface area contributed by atoms with Crippen molar-refractivity contribution in [3.63, 3.8) is 0 Å². The van der Waals surface area contributed by atoms with E-state index in [2.05, 4.69) is 69.8 Å². The molecule has 2 aromatic heterocycles. The van der Waals surface area contributed by atoms with Gasteiger partial charge in [-0.1, -0.05) is 0 Å². The number of halogens is 7. The van der Waals surface area contributed by atoms with Crippen LogP contribution < -0.4 is 0 Å². The van der Waals surface area contributed by atoms with Crippen molar-refractivity contribution in [2.45, 2.75) is 23.7 Å². The first-order valence-electron chi connectivity index (χ1n) is 6.17. The second-order valence-corrected chi connectivity index (χ2v) is 8.35. The third-order valence-corrected chi connectivity index (χ3v) is 4.93. The van der Waals surface area contributed by atoms with E-state index >= 15 is 0 Å². The Bertz CT molecular complexity index is 527. The van der Waals surface area contributed by atoms with Gasteiger partial charge in [0.25, 0.3) is 0 Å². The van der Waals surface area contributed by atoms with Gasteiger partial charge >= 0.3 is 159 Å². The zero-order chi connectivity index (χ0) is 18.6. The fourth-order valence-corrected chi connectivity index (χ4v) is 3.75. The Balaban J connectivity index is 0.000000650. The molecule has 0 aromatic carbocycles. The Morgan fingerprint density at radius 1 is 0.958 bits per heavy atom. The molecule has 2 rings (SSSR count). The fourth-order valence-electron chi connectivity index (χ4n) is 1.34. The van der Waals surface area contributed by atoms with E-state index in [1.807, 2.05) is 34.2 Å². The number of nitrogens with zero attached hydrogens (tertiary/aromatic N) is 4. The standard InChI is InChI=1S/C10H12Br2N4Se.BF4.ClH.Pd/c11-9-5-13-15(7-9)1-3-17-4-2-16-8-10(12)6-14-16;2-1(3,4)5;;/h5-8H,1-4H2;;1H;/q;-1;;+2/p-1. The van der Waals surface area contributed by atoms with Crippen molar-refractivity contribution in [3.05, 3.63) is 33.7 Å². The van der Waals surface area contributed by atoms with Crippen LogP contribution in [0.15, 0.2) is 33.7 Å². The minimum atomic E-state index is -6.00. The molecule has 2 heterocycles. The van der Waals surface area contributed by atoms with Gasteiger partial charge in [-0.25, -0.2) is 0 Å². The molecule has 0 radical (unpaired) electrons. The maximum absolute atomic E-state index is 9.75. The molecule has 0 atom stereocenters. The molecule has 0 spiro atoms. The summed E-state index contributed by atoms with van der Waals surface area (Å²) < 4.78 is 45.1. The normalized spacial score (nSPS) is 10.5. The second kappa shape index (κ2) is 13.8. The maximum atomic E-state index is 9.75. The predicted octanol–water partition coefficient (Wildman–Crippen LogP) is 4.83. The predicted molar refractivity (Wildman–Crippen MR) is 91.3 cm³/mol. The molecule has 0 fully saturated rings. The molecule has 0 N–H and O–H groups in total. The van der Waals surface area contributed by atoms with E-state index in [0.717, 1.165) is 22.0 Å². The van der Waals surface area contributed by atoms with Crippen LogP contribution in [0, 0.1) is 0 Å². The molecule has 0 saturated carbocycles. The molecule has 4 nitrogen and oxygen atoms in total. The van der Waals surface area contributed by atoms with E-state index < -0.39 is 7.25 Å². The fraction of sp³-hybridized carbons (Fsp3) is 0.400. The van der Waals surface area contributed by atoms with Crippen molar-refractivity contribution in [1.29, 1.82) is 0 Å². The first kappa shape index (κ1) is 24.6. The van der Waals surface area contributed by atoms with Crippen molar-refractivity contribution in [2.75, 3.05) is 0 Å². The number of hydrogen-bond donors (Lipinski definition) is 0. The monoisotopic (exact) mass is 654 g/mol. The molecule has 0 bridgehead atoms. The van der Waals surface area contributed by atoms with Crippen LogP contribution in [0.1, 0.15) is 0 Å². The van der Waals surface area contributed by atoms with E-state index in [9.17, 15) is 17.3 Å². The summed E-state index contributed by atoms with van der Waals surface area (Å²) >= 11 is 9.66. The molecular formula is C10H12BBr2ClF4N4PdSe. The average molecular weight is 656 g/mol. The van der Waals surface area contributed by atoms with Crippen molar-refractivity contribution in [1.82, 2.24) is 19.6 Å². The summed E-state index contributed by atoms with van der Waals surface area (Å²) in [6.07, 6.45) is 7.68. The van der Waals surface area contributed by atoms with Crippen molar-refractivity contribution >= 4 is 63.6 Å². The molecule has 0 aliphatic carbocycles. The van der Waals surface area contributed by atoms with E-state index in [-0.39, 0.29) is 0 Å². The minimum absolute atomic E-state index is 0.650. The molecule has 24 heavy (non-hydrogen) atoms. The van der Waals surface area contributed by atoms with Crippen LogP contribution in [0.25, 0.3) is 0 Å². The van der Waals surface area contributed by atoms with Gasteiger partial charge in [-0.2, -0.15) is 0 Å². The first-order valence-corrected chi connectivity index (χ1v) is 12.2. The van der Waals surface area contributed by atoms with E-state index in [0.29, 0.717) is 15.0 Å². The van der Waals surface area contributed by atoms with E-state index in [4.69, 9.17) is 0 Å². The molecule has 0 saturated heterocycles. The van der Waals surface area contributed by atoms with Crippen LogP contribution in [0.3, 0.4) is 0 Å².